The average Bonchev–Trinajstić information content (AvgIpc) is 2.98. The van der Waals surface area contributed by atoms with Crippen LogP contribution in [0.3, 0.4) is 0 Å². The minimum absolute atomic E-state index is 0.857. The highest BCUT2D eigenvalue weighted by Crippen LogP contribution is 2.37. The molecular formula is C16H18BrNS. The molecule has 0 amide bonds. The summed E-state index contributed by atoms with van der Waals surface area (Å²) in [5, 5.41) is 3.37. The third-order valence-electron chi connectivity index (χ3n) is 3.85. The summed E-state index contributed by atoms with van der Waals surface area (Å²) >= 11 is 5.47. The summed E-state index contributed by atoms with van der Waals surface area (Å²) in [6, 6.07) is 13.0. The van der Waals surface area contributed by atoms with E-state index in [-0.39, 0.29) is 0 Å². The minimum Gasteiger partial charge on any atom is -0.370 e. The lowest BCUT2D eigenvalue weighted by molar-refractivity contribution is 0.447. The Labute approximate surface area is 127 Å². The van der Waals surface area contributed by atoms with Gasteiger partial charge in [0.15, 0.2) is 0 Å². The van der Waals surface area contributed by atoms with Gasteiger partial charge in [0.1, 0.15) is 0 Å². The van der Waals surface area contributed by atoms with Crippen LogP contribution in [0, 0.1) is 5.92 Å². The molecule has 1 aromatic carbocycles. The fraction of sp³-hybridized carbons (Fsp3) is 0.375. The van der Waals surface area contributed by atoms with Crippen molar-refractivity contribution in [3.63, 3.8) is 0 Å². The first-order chi connectivity index (χ1) is 9.38. The Balaban J connectivity index is 1.81. The highest BCUT2D eigenvalue weighted by Gasteiger charge is 2.21. The molecule has 100 valence electrons. The molecular weight excluding hydrogens is 318 g/mol. The van der Waals surface area contributed by atoms with Crippen LogP contribution < -0.4 is 4.90 Å². The molecule has 2 aromatic rings. The second-order valence-corrected chi connectivity index (χ2v) is 6.65. The number of thiophene rings is 1. The molecule has 1 aromatic heterocycles. The molecule has 0 spiro atoms. The van der Waals surface area contributed by atoms with E-state index in [1.54, 1.807) is 0 Å². The molecule has 1 aliphatic rings. The second kappa shape index (κ2) is 6.10. The molecule has 1 nitrogen and oxygen atoms in total. The maximum atomic E-state index is 3.61. The predicted octanol–water partition coefficient (Wildman–Crippen LogP) is 5.03. The highest BCUT2D eigenvalue weighted by atomic mass is 79.9. The first-order valence-electron chi connectivity index (χ1n) is 6.82. The lowest BCUT2D eigenvalue weighted by Gasteiger charge is -2.33. The van der Waals surface area contributed by atoms with Crippen LogP contribution in [-0.2, 0) is 0 Å². The highest BCUT2D eigenvalue weighted by molar-refractivity contribution is 9.09. The van der Waals surface area contributed by atoms with Gasteiger partial charge in [-0.1, -0.05) is 46.3 Å². The number of nitrogens with zero attached hydrogens (tertiary/aromatic N) is 1. The van der Waals surface area contributed by atoms with E-state index < -0.39 is 0 Å². The maximum absolute atomic E-state index is 3.61. The van der Waals surface area contributed by atoms with Crippen molar-refractivity contribution in [2.45, 2.75) is 12.8 Å². The molecule has 0 atom stereocenters. The zero-order valence-electron chi connectivity index (χ0n) is 10.9. The van der Waals surface area contributed by atoms with E-state index in [2.05, 4.69) is 62.6 Å². The SMILES string of the molecule is BrCC1CCN(c2ccsc2-c2ccccc2)CC1. The topological polar surface area (TPSA) is 3.24 Å². The molecule has 0 unspecified atom stereocenters. The summed E-state index contributed by atoms with van der Waals surface area (Å²) < 4.78 is 0. The largest absolute Gasteiger partial charge is 0.370 e. The quantitative estimate of drug-likeness (QED) is 0.711. The second-order valence-electron chi connectivity index (χ2n) is 5.09. The van der Waals surface area contributed by atoms with Crippen molar-refractivity contribution < 1.29 is 0 Å². The predicted molar refractivity (Wildman–Crippen MR) is 88.5 cm³/mol. The number of rotatable bonds is 3. The number of anilines is 1. The van der Waals surface area contributed by atoms with Gasteiger partial charge in [-0.15, -0.1) is 11.3 Å². The lowest BCUT2D eigenvalue weighted by Crippen LogP contribution is -2.34. The third-order valence-corrected chi connectivity index (χ3v) is 5.72. The van der Waals surface area contributed by atoms with Crippen molar-refractivity contribution >= 4 is 33.0 Å². The molecule has 0 radical (unpaired) electrons. The van der Waals surface area contributed by atoms with Gasteiger partial charge in [0.25, 0.3) is 0 Å². The molecule has 3 heteroatoms. The third kappa shape index (κ3) is 2.87. The van der Waals surface area contributed by atoms with Crippen molar-refractivity contribution in [2.24, 2.45) is 5.92 Å². The van der Waals surface area contributed by atoms with Crippen LogP contribution >= 0.6 is 27.3 Å². The summed E-state index contributed by atoms with van der Waals surface area (Å²) in [5.41, 5.74) is 2.76. The molecule has 0 bridgehead atoms. The summed E-state index contributed by atoms with van der Waals surface area (Å²) in [6.45, 7) is 2.37. The number of benzene rings is 1. The van der Waals surface area contributed by atoms with Gasteiger partial charge in [0, 0.05) is 18.4 Å². The smallest absolute Gasteiger partial charge is 0.0576 e. The Kier molecular flexibility index (Phi) is 4.24. The minimum atomic E-state index is 0.857. The van der Waals surface area contributed by atoms with Crippen LogP contribution in [0.15, 0.2) is 41.8 Å². The Morgan fingerprint density at radius 3 is 2.53 bits per heavy atom. The van der Waals surface area contributed by atoms with Gasteiger partial charge in [0.05, 0.1) is 10.6 Å². The van der Waals surface area contributed by atoms with Crippen LogP contribution in [0.1, 0.15) is 12.8 Å². The summed E-state index contributed by atoms with van der Waals surface area (Å²) in [7, 11) is 0. The van der Waals surface area contributed by atoms with Gasteiger partial charge >= 0.3 is 0 Å². The number of halogens is 1. The summed E-state index contributed by atoms with van der Waals surface area (Å²) in [6.07, 6.45) is 2.60. The zero-order chi connectivity index (χ0) is 13.1. The van der Waals surface area contributed by atoms with E-state index in [4.69, 9.17) is 0 Å². The molecule has 0 N–H and O–H groups in total. The number of piperidine rings is 1. The van der Waals surface area contributed by atoms with Crippen LogP contribution in [0.2, 0.25) is 0 Å². The van der Waals surface area contributed by atoms with Crippen molar-refractivity contribution in [3.05, 3.63) is 41.8 Å². The van der Waals surface area contributed by atoms with Gasteiger partial charge in [-0.05, 0) is 35.8 Å². The Hall–Kier alpha value is -0.800. The maximum Gasteiger partial charge on any atom is 0.0576 e. The first kappa shape index (κ1) is 13.2. The first-order valence-corrected chi connectivity index (χ1v) is 8.82. The normalized spacial score (nSPS) is 16.8. The Morgan fingerprint density at radius 1 is 1.11 bits per heavy atom. The lowest BCUT2D eigenvalue weighted by atomic mass is 9.98. The summed E-state index contributed by atoms with van der Waals surface area (Å²) in [5.74, 6) is 0.857. The van der Waals surface area contributed by atoms with E-state index in [0.29, 0.717) is 0 Å². The van der Waals surface area contributed by atoms with Gasteiger partial charge < -0.3 is 4.90 Å². The molecule has 0 aliphatic carbocycles. The van der Waals surface area contributed by atoms with Gasteiger partial charge in [-0.25, -0.2) is 0 Å². The Morgan fingerprint density at radius 2 is 1.84 bits per heavy atom. The van der Waals surface area contributed by atoms with E-state index in [0.717, 1.165) is 11.2 Å². The van der Waals surface area contributed by atoms with Gasteiger partial charge in [-0.2, -0.15) is 0 Å². The number of hydrogen-bond acceptors (Lipinski definition) is 2. The molecule has 3 rings (SSSR count). The van der Waals surface area contributed by atoms with E-state index in [1.165, 1.54) is 42.1 Å². The Bertz CT molecular complexity index is 515. The number of alkyl halides is 1. The van der Waals surface area contributed by atoms with Crippen LogP contribution in [-0.4, -0.2) is 18.4 Å². The number of hydrogen-bond donors (Lipinski definition) is 0. The van der Waals surface area contributed by atoms with Crippen LogP contribution in [0.25, 0.3) is 10.4 Å². The average molecular weight is 336 g/mol. The van der Waals surface area contributed by atoms with Crippen molar-refractivity contribution in [2.75, 3.05) is 23.3 Å². The molecule has 19 heavy (non-hydrogen) atoms. The molecule has 1 fully saturated rings. The van der Waals surface area contributed by atoms with Crippen LogP contribution in [0.5, 0.6) is 0 Å². The molecule has 1 saturated heterocycles. The van der Waals surface area contributed by atoms with Gasteiger partial charge in [-0.3, -0.25) is 0 Å². The monoisotopic (exact) mass is 335 g/mol. The standard InChI is InChI=1S/C16H18BrNS/c17-12-13-6-9-18(10-7-13)15-8-11-19-16(15)14-4-2-1-3-5-14/h1-5,8,11,13H,6-7,9-10,12H2. The fourth-order valence-corrected chi connectivity index (χ4v) is 4.26. The van der Waals surface area contributed by atoms with Gasteiger partial charge in [0.2, 0.25) is 0 Å². The zero-order valence-corrected chi connectivity index (χ0v) is 13.3. The molecule has 0 saturated carbocycles. The van der Waals surface area contributed by atoms with E-state index >= 15 is 0 Å². The van der Waals surface area contributed by atoms with Crippen molar-refractivity contribution in [3.8, 4) is 10.4 Å². The van der Waals surface area contributed by atoms with Crippen LogP contribution in [0.4, 0.5) is 5.69 Å². The molecule has 1 aliphatic heterocycles. The summed E-state index contributed by atoms with van der Waals surface area (Å²) in [4.78, 5) is 3.97. The van der Waals surface area contributed by atoms with Crippen molar-refractivity contribution in [1.29, 1.82) is 0 Å². The molecule has 2 heterocycles. The van der Waals surface area contributed by atoms with E-state index in [1.807, 2.05) is 11.3 Å². The fourth-order valence-electron chi connectivity index (χ4n) is 2.69. The van der Waals surface area contributed by atoms with E-state index in [9.17, 15) is 0 Å². The van der Waals surface area contributed by atoms with Crippen molar-refractivity contribution in [1.82, 2.24) is 0 Å².